The molecular formula is C21H19N5O3S. The Hall–Kier alpha value is -3.46. The van der Waals surface area contributed by atoms with Gasteiger partial charge in [-0.15, -0.1) is 0 Å². The van der Waals surface area contributed by atoms with Crippen molar-refractivity contribution in [3.63, 3.8) is 0 Å². The first-order chi connectivity index (χ1) is 14.6. The minimum Gasteiger partial charge on any atom is -0.366 e. The normalized spacial score (nSPS) is 13.3. The summed E-state index contributed by atoms with van der Waals surface area (Å²) in [5, 5.41) is 15.8. The molecule has 1 saturated heterocycles. The van der Waals surface area contributed by atoms with Gasteiger partial charge in [-0.2, -0.15) is 0 Å². The van der Waals surface area contributed by atoms with E-state index in [0.717, 1.165) is 31.0 Å². The summed E-state index contributed by atoms with van der Waals surface area (Å²) >= 11 is 1.38. The lowest BCUT2D eigenvalue weighted by atomic mass is 10.1. The van der Waals surface area contributed by atoms with Gasteiger partial charge in [-0.1, -0.05) is 17.8 Å². The second kappa shape index (κ2) is 8.91. The fourth-order valence-corrected chi connectivity index (χ4v) is 4.07. The molecule has 1 fully saturated rings. The van der Waals surface area contributed by atoms with Crippen LogP contribution in [-0.4, -0.2) is 33.9 Å². The van der Waals surface area contributed by atoms with E-state index in [0.29, 0.717) is 16.4 Å². The maximum Gasteiger partial charge on any atom is 0.293 e. The van der Waals surface area contributed by atoms with Crippen LogP contribution in [-0.2, 0) is 0 Å². The molecule has 1 amide bonds. The number of nitrogens with one attached hydrogen (secondary N) is 1. The van der Waals surface area contributed by atoms with E-state index in [9.17, 15) is 14.9 Å². The Morgan fingerprint density at radius 2 is 1.83 bits per heavy atom. The first-order valence-electron chi connectivity index (χ1n) is 9.50. The third kappa shape index (κ3) is 4.57. The van der Waals surface area contributed by atoms with Crippen molar-refractivity contribution in [2.24, 2.45) is 0 Å². The topological polar surface area (TPSA) is 101 Å². The summed E-state index contributed by atoms with van der Waals surface area (Å²) in [5.41, 5.74) is 1.30. The van der Waals surface area contributed by atoms with Gasteiger partial charge in [-0.25, -0.2) is 9.97 Å². The molecule has 0 bridgehead atoms. The lowest BCUT2D eigenvalue weighted by Crippen LogP contribution is -2.19. The lowest BCUT2D eigenvalue weighted by Gasteiger charge is -2.17. The van der Waals surface area contributed by atoms with Crippen molar-refractivity contribution < 1.29 is 9.72 Å². The van der Waals surface area contributed by atoms with Gasteiger partial charge in [0, 0.05) is 42.8 Å². The van der Waals surface area contributed by atoms with Gasteiger partial charge >= 0.3 is 0 Å². The van der Waals surface area contributed by atoms with Crippen LogP contribution in [0.5, 0.6) is 0 Å². The Morgan fingerprint density at radius 1 is 1.03 bits per heavy atom. The zero-order valence-corrected chi connectivity index (χ0v) is 16.8. The molecule has 30 heavy (non-hydrogen) atoms. The quantitative estimate of drug-likeness (QED) is 0.465. The van der Waals surface area contributed by atoms with Gasteiger partial charge in [0.1, 0.15) is 15.7 Å². The van der Waals surface area contributed by atoms with Crippen LogP contribution in [0.3, 0.4) is 0 Å². The molecule has 0 atom stereocenters. The van der Waals surface area contributed by atoms with Gasteiger partial charge in [0.2, 0.25) is 0 Å². The Balaban J connectivity index is 1.52. The van der Waals surface area contributed by atoms with Gasteiger partial charge < -0.3 is 10.2 Å². The van der Waals surface area contributed by atoms with Crippen molar-refractivity contribution in [1.29, 1.82) is 0 Å². The summed E-state index contributed by atoms with van der Waals surface area (Å²) in [6.45, 7) is 1.58. The standard InChI is InChI=1S/C21H19N5O3S/c27-21(15-6-7-17(18(13-15)26(28)29)25-11-3-4-12-25)24-16-8-10-23-20(14-16)30-19-5-1-2-9-22-19/h1-2,5-10,13-14H,3-4,11-12H2,(H,23,24,27). The number of nitro groups is 1. The number of amides is 1. The molecule has 0 spiro atoms. The lowest BCUT2D eigenvalue weighted by molar-refractivity contribution is -0.384. The maximum absolute atomic E-state index is 12.7. The van der Waals surface area contributed by atoms with Gasteiger partial charge in [-0.3, -0.25) is 14.9 Å². The van der Waals surface area contributed by atoms with E-state index in [1.54, 1.807) is 36.7 Å². The Bertz CT molecular complexity index is 1070. The SMILES string of the molecule is O=C(Nc1ccnc(Sc2ccccn2)c1)c1ccc(N2CCCC2)c([N+](=O)[O-])c1. The van der Waals surface area contributed by atoms with Gasteiger partial charge in [0.25, 0.3) is 11.6 Å². The van der Waals surface area contributed by atoms with Crippen LogP contribution in [0.4, 0.5) is 17.1 Å². The van der Waals surface area contributed by atoms with Gasteiger partial charge in [0.05, 0.1) is 4.92 Å². The van der Waals surface area contributed by atoms with E-state index >= 15 is 0 Å². The third-order valence-electron chi connectivity index (χ3n) is 4.72. The minimum absolute atomic E-state index is 0.0503. The largest absolute Gasteiger partial charge is 0.366 e. The molecule has 3 aromatic rings. The molecule has 1 aliphatic heterocycles. The van der Waals surface area contributed by atoms with Crippen molar-refractivity contribution in [2.75, 3.05) is 23.3 Å². The molecule has 4 rings (SSSR count). The fraction of sp³-hybridized carbons (Fsp3) is 0.190. The number of benzene rings is 1. The second-order valence-electron chi connectivity index (χ2n) is 6.76. The minimum atomic E-state index is -0.432. The number of aromatic nitrogens is 2. The van der Waals surface area contributed by atoms with Crippen molar-refractivity contribution in [3.8, 4) is 0 Å². The van der Waals surface area contributed by atoms with Crippen LogP contribution >= 0.6 is 11.8 Å². The number of anilines is 2. The summed E-state index contributed by atoms with van der Waals surface area (Å²) in [6.07, 6.45) is 5.33. The molecular weight excluding hydrogens is 402 g/mol. The number of hydrogen-bond donors (Lipinski definition) is 1. The highest BCUT2D eigenvalue weighted by Crippen LogP contribution is 2.32. The molecule has 2 aromatic heterocycles. The molecule has 9 heteroatoms. The van der Waals surface area contributed by atoms with Crippen molar-refractivity contribution in [2.45, 2.75) is 22.9 Å². The Labute approximate surface area is 177 Å². The first kappa shape index (κ1) is 19.8. The summed E-state index contributed by atoms with van der Waals surface area (Å²) in [4.78, 5) is 34.4. The van der Waals surface area contributed by atoms with E-state index in [2.05, 4.69) is 15.3 Å². The number of pyridine rings is 2. The van der Waals surface area contributed by atoms with Crippen LogP contribution < -0.4 is 10.2 Å². The second-order valence-corrected chi connectivity index (χ2v) is 7.80. The monoisotopic (exact) mass is 421 g/mol. The van der Waals surface area contributed by atoms with E-state index in [1.165, 1.54) is 17.8 Å². The summed E-state index contributed by atoms with van der Waals surface area (Å²) in [7, 11) is 0. The third-order valence-corrected chi connectivity index (χ3v) is 5.60. The molecule has 3 heterocycles. The molecule has 0 saturated carbocycles. The highest BCUT2D eigenvalue weighted by atomic mass is 32.2. The molecule has 152 valence electrons. The molecule has 0 radical (unpaired) electrons. The smallest absolute Gasteiger partial charge is 0.293 e. The number of nitrogens with zero attached hydrogens (tertiary/aromatic N) is 4. The predicted molar refractivity (Wildman–Crippen MR) is 115 cm³/mol. The van der Waals surface area contributed by atoms with E-state index in [4.69, 9.17) is 0 Å². The van der Waals surface area contributed by atoms with Crippen LogP contribution in [0.2, 0.25) is 0 Å². The van der Waals surface area contributed by atoms with Gasteiger partial charge in [-0.05, 0) is 49.2 Å². The number of hydrogen-bond acceptors (Lipinski definition) is 7. The predicted octanol–water partition coefficient (Wildman–Crippen LogP) is 4.39. The fourth-order valence-electron chi connectivity index (χ4n) is 3.30. The summed E-state index contributed by atoms with van der Waals surface area (Å²) in [5.74, 6) is -0.411. The number of carbonyl (C=O) groups excluding carboxylic acids is 1. The highest BCUT2D eigenvalue weighted by Gasteiger charge is 2.24. The first-order valence-corrected chi connectivity index (χ1v) is 10.3. The van der Waals surface area contributed by atoms with E-state index < -0.39 is 10.8 Å². The van der Waals surface area contributed by atoms with Gasteiger partial charge in [0.15, 0.2) is 0 Å². The van der Waals surface area contributed by atoms with Crippen LogP contribution in [0, 0.1) is 10.1 Å². The number of nitro benzene ring substituents is 1. The molecule has 1 N–H and O–H groups in total. The zero-order valence-electron chi connectivity index (χ0n) is 16.0. The maximum atomic E-state index is 12.7. The van der Waals surface area contributed by atoms with Crippen molar-refractivity contribution >= 4 is 34.7 Å². The molecule has 0 unspecified atom stereocenters. The Kier molecular flexibility index (Phi) is 5.89. The number of carbonyl (C=O) groups is 1. The Morgan fingerprint density at radius 3 is 2.57 bits per heavy atom. The molecule has 1 aliphatic rings. The number of rotatable bonds is 6. The van der Waals surface area contributed by atoms with Crippen LogP contribution in [0.1, 0.15) is 23.2 Å². The van der Waals surface area contributed by atoms with Crippen molar-refractivity contribution in [1.82, 2.24) is 9.97 Å². The average molecular weight is 421 g/mol. The molecule has 0 aliphatic carbocycles. The summed E-state index contributed by atoms with van der Waals surface area (Å²) < 4.78 is 0. The van der Waals surface area contributed by atoms with Crippen LogP contribution in [0.15, 0.2) is 71.0 Å². The van der Waals surface area contributed by atoms with Crippen molar-refractivity contribution in [3.05, 3.63) is 76.6 Å². The van der Waals surface area contributed by atoms with Crippen LogP contribution in [0.25, 0.3) is 0 Å². The van der Waals surface area contributed by atoms with E-state index in [-0.39, 0.29) is 11.3 Å². The van der Waals surface area contributed by atoms with E-state index in [1.807, 2.05) is 23.1 Å². The summed E-state index contributed by atoms with van der Waals surface area (Å²) in [6, 6.07) is 13.6. The average Bonchev–Trinajstić information content (AvgIpc) is 3.29. The molecule has 1 aromatic carbocycles. The highest BCUT2D eigenvalue weighted by molar-refractivity contribution is 7.99. The zero-order chi connectivity index (χ0) is 20.9. The molecule has 8 nitrogen and oxygen atoms in total.